The van der Waals surface area contributed by atoms with Crippen molar-refractivity contribution in [3.63, 3.8) is 0 Å². The Bertz CT molecular complexity index is 1160. The maximum atomic E-state index is 13.9. The first-order valence-electron chi connectivity index (χ1n) is 12.9. The third-order valence-electron chi connectivity index (χ3n) is 7.08. The number of fused-ring (bicyclic) bond motifs is 1. The number of aryl methyl sites for hydroxylation is 2. The molecule has 1 fully saturated rings. The van der Waals surface area contributed by atoms with Crippen molar-refractivity contribution in [2.75, 3.05) is 31.5 Å². The maximum Gasteiger partial charge on any atom is 0.416 e. The molecule has 11 heteroatoms. The second-order valence-corrected chi connectivity index (χ2v) is 10.0. The first-order chi connectivity index (χ1) is 18.1. The van der Waals surface area contributed by atoms with E-state index in [4.69, 9.17) is 4.98 Å². The van der Waals surface area contributed by atoms with Crippen molar-refractivity contribution in [3.05, 3.63) is 58.5 Å². The largest absolute Gasteiger partial charge is 0.481 e. The molecule has 2 atom stereocenters. The van der Waals surface area contributed by atoms with Crippen LogP contribution in [-0.4, -0.2) is 53.0 Å². The van der Waals surface area contributed by atoms with E-state index < -0.39 is 47.8 Å². The van der Waals surface area contributed by atoms with Crippen LogP contribution in [0, 0.1) is 11.7 Å². The highest BCUT2D eigenvalue weighted by atomic mass is 19.4. The number of benzene rings is 1. The van der Waals surface area contributed by atoms with E-state index in [2.05, 4.69) is 27.7 Å². The van der Waals surface area contributed by atoms with Crippen molar-refractivity contribution in [1.82, 2.24) is 15.2 Å². The minimum atomic E-state index is -4.80. The average Bonchev–Trinajstić information content (AvgIpc) is 2.87. The summed E-state index contributed by atoms with van der Waals surface area (Å²) in [4.78, 5) is 31.3. The van der Waals surface area contributed by atoms with Gasteiger partial charge in [0.05, 0.1) is 23.9 Å². The summed E-state index contributed by atoms with van der Waals surface area (Å²) >= 11 is 0. The van der Waals surface area contributed by atoms with Gasteiger partial charge in [-0.05, 0) is 87.0 Å². The molecule has 0 bridgehead atoms. The van der Waals surface area contributed by atoms with Crippen LogP contribution in [-0.2, 0) is 28.6 Å². The number of amides is 1. The highest BCUT2D eigenvalue weighted by molar-refractivity contribution is 5.80. The number of rotatable bonds is 9. The Morgan fingerprint density at radius 1 is 1.21 bits per heavy atom. The Hall–Kier alpha value is -3.21. The predicted octanol–water partition coefficient (Wildman–Crippen LogP) is 4.57. The van der Waals surface area contributed by atoms with Crippen LogP contribution >= 0.6 is 0 Å². The zero-order valence-electron chi connectivity index (χ0n) is 21.0. The van der Waals surface area contributed by atoms with Gasteiger partial charge in [-0.3, -0.25) is 9.59 Å². The van der Waals surface area contributed by atoms with Gasteiger partial charge in [-0.15, -0.1) is 0 Å². The van der Waals surface area contributed by atoms with E-state index in [1.807, 2.05) is 0 Å². The SMILES string of the molecule is O=C(O)C[C@H](NC(=O)[C@@H]1CCCN(CCCc2ccc3c(n2)NCCC3)C1)c1cc(F)cc(C(F)(F)F)c1. The molecule has 2 aromatic rings. The molecule has 7 nitrogen and oxygen atoms in total. The number of carboxylic acids is 1. The number of halogens is 4. The van der Waals surface area contributed by atoms with E-state index in [1.165, 1.54) is 5.56 Å². The predicted molar refractivity (Wildman–Crippen MR) is 133 cm³/mol. The number of aliphatic carboxylic acids is 1. The Morgan fingerprint density at radius 2 is 2.03 bits per heavy atom. The van der Waals surface area contributed by atoms with Gasteiger partial charge in [0.1, 0.15) is 11.6 Å². The van der Waals surface area contributed by atoms with Crippen molar-refractivity contribution in [2.24, 2.45) is 5.92 Å². The summed E-state index contributed by atoms with van der Waals surface area (Å²) in [6.45, 7) is 2.96. The van der Waals surface area contributed by atoms with Crippen LogP contribution in [0.4, 0.5) is 23.4 Å². The fourth-order valence-corrected chi connectivity index (χ4v) is 5.16. The minimum absolute atomic E-state index is 0.229. The number of carboxylic acid groups (broad SMARTS) is 1. The van der Waals surface area contributed by atoms with Crippen molar-refractivity contribution in [3.8, 4) is 0 Å². The number of piperidine rings is 1. The summed E-state index contributed by atoms with van der Waals surface area (Å²) in [6, 6.07) is 4.76. The number of pyridine rings is 1. The van der Waals surface area contributed by atoms with Gasteiger partial charge < -0.3 is 20.6 Å². The van der Waals surface area contributed by atoms with E-state index in [9.17, 15) is 32.3 Å². The van der Waals surface area contributed by atoms with Crippen LogP contribution in [0.5, 0.6) is 0 Å². The molecular weight excluding hydrogens is 504 g/mol. The van der Waals surface area contributed by atoms with Crippen LogP contribution in [0.25, 0.3) is 0 Å². The fraction of sp³-hybridized carbons (Fsp3) is 0.519. The standard InChI is InChI=1S/C27H32F4N4O3/c28-21-13-19(12-20(14-21)27(29,30)31)23(15-24(36)37)34-26(38)18-5-2-10-35(16-18)11-3-6-22-8-7-17-4-1-9-32-25(17)33-22/h7-8,12-14,18,23H,1-6,9-11,15-16H2,(H,32,33)(H,34,38)(H,36,37)/t18-,23+/m1/s1. The fourth-order valence-electron chi connectivity index (χ4n) is 5.16. The molecule has 0 aliphatic carbocycles. The molecule has 4 rings (SSSR count). The van der Waals surface area contributed by atoms with Crippen molar-refractivity contribution in [2.45, 2.75) is 57.2 Å². The molecule has 1 aromatic heterocycles. The summed E-state index contributed by atoms with van der Waals surface area (Å²) < 4.78 is 53.5. The highest BCUT2D eigenvalue weighted by Gasteiger charge is 2.33. The van der Waals surface area contributed by atoms with Crippen molar-refractivity contribution in [1.29, 1.82) is 0 Å². The Labute approximate surface area is 218 Å². The monoisotopic (exact) mass is 536 g/mol. The molecule has 206 valence electrons. The maximum absolute atomic E-state index is 13.9. The van der Waals surface area contributed by atoms with E-state index in [-0.39, 0.29) is 5.56 Å². The topological polar surface area (TPSA) is 94.6 Å². The summed E-state index contributed by atoms with van der Waals surface area (Å²) in [5.74, 6) is -2.39. The molecule has 3 heterocycles. The Balaban J connectivity index is 1.35. The molecular formula is C27H32F4N4O3. The summed E-state index contributed by atoms with van der Waals surface area (Å²) in [5, 5.41) is 15.2. The highest BCUT2D eigenvalue weighted by Crippen LogP contribution is 2.32. The smallest absolute Gasteiger partial charge is 0.416 e. The number of alkyl halides is 3. The zero-order chi connectivity index (χ0) is 27.3. The van der Waals surface area contributed by atoms with Gasteiger partial charge in [-0.2, -0.15) is 13.2 Å². The minimum Gasteiger partial charge on any atom is -0.481 e. The molecule has 38 heavy (non-hydrogen) atoms. The van der Waals surface area contributed by atoms with Crippen LogP contribution in [0.3, 0.4) is 0 Å². The number of nitrogens with one attached hydrogen (secondary N) is 2. The lowest BCUT2D eigenvalue weighted by Gasteiger charge is -2.33. The number of carbonyl (C=O) groups excluding carboxylic acids is 1. The van der Waals surface area contributed by atoms with Gasteiger partial charge >= 0.3 is 12.1 Å². The third-order valence-corrected chi connectivity index (χ3v) is 7.08. The lowest BCUT2D eigenvalue weighted by Crippen LogP contribution is -2.44. The Morgan fingerprint density at radius 3 is 2.79 bits per heavy atom. The number of hydrogen-bond acceptors (Lipinski definition) is 5. The molecule has 0 unspecified atom stereocenters. The van der Waals surface area contributed by atoms with Crippen molar-refractivity contribution >= 4 is 17.7 Å². The molecule has 1 amide bonds. The average molecular weight is 537 g/mol. The van der Waals surface area contributed by atoms with Crippen molar-refractivity contribution < 1.29 is 32.3 Å². The van der Waals surface area contributed by atoms with E-state index in [0.29, 0.717) is 25.1 Å². The third kappa shape index (κ3) is 7.43. The van der Waals surface area contributed by atoms with Gasteiger partial charge in [0.15, 0.2) is 0 Å². The number of carbonyl (C=O) groups is 2. The molecule has 0 spiro atoms. The first-order valence-corrected chi connectivity index (χ1v) is 12.9. The zero-order valence-corrected chi connectivity index (χ0v) is 21.0. The quantitative estimate of drug-likeness (QED) is 0.407. The molecule has 0 radical (unpaired) electrons. The van der Waals surface area contributed by atoms with Crippen LogP contribution in [0.2, 0.25) is 0 Å². The number of anilines is 1. The summed E-state index contributed by atoms with van der Waals surface area (Å²) in [5.41, 5.74) is 0.784. The number of hydrogen-bond donors (Lipinski definition) is 3. The van der Waals surface area contributed by atoms with Gasteiger partial charge in [-0.25, -0.2) is 9.37 Å². The number of likely N-dealkylation sites (tertiary alicyclic amines) is 1. The van der Waals surface area contributed by atoms with E-state index >= 15 is 0 Å². The van der Waals surface area contributed by atoms with Crippen LogP contribution < -0.4 is 10.6 Å². The van der Waals surface area contributed by atoms with Crippen LogP contribution in [0.15, 0.2) is 30.3 Å². The van der Waals surface area contributed by atoms with Crippen LogP contribution in [0.1, 0.15) is 60.5 Å². The molecule has 2 aliphatic rings. The number of aromatic nitrogens is 1. The summed E-state index contributed by atoms with van der Waals surface area (Å²) in [7, 11) is 0. The van der Waals surface area contributed by atoms with E-state index in [0.717, 1.165) is 69.3 Å². The molecule has 0 saturated carbocycles. The summed E-state index contributed by atoms with van der Waals surface area (Å²) in [6.07, 6.45) is -0.336. The second kappa shape index (κ2) is 12.1. The normalized spacial score (nSPS) is 18.8. The van der Waals surface area contributed by atoms with Gasteiger partial charge in [0.25, 0.3) is 0 Å². The van der Waals surface area contributed by atoms with E-state index in [1.54, 1.807) is 0 Å². The molecule has 1 aromatic carbocycles. The van der Waals surface area contributed by atoms with Gasteiger partial charge in [0.2, 0.25) is 5.91 Å². The Kier molecular flexibility index (Phi) is 8.86. The second-order valence-electron chi connectivity index (χ2n) is 10.0. The van der Waals surface area contributed by atoms with Gasteiger partial charge in [0, 0.05) is 18.8 Å². The first kappa shape index (κ1) is 27.8. The molecule has 2 aliphatic heterocycles. The lowest BCUT2D eigenvalue weighted by molar-refractivity contribution is -0.138. The molecule has 1 saturated heterocycles. The van der Waals surface area contributed by atoms with Gasteiger partial charge in [-0.1, -0.05) is 6.07 Å². The molecule has 3 N–H and O–H groups in total. The lowest BCUT2D eigenvalue weighted by atomic mass is 9.95. The number of nitrogens with zero attached hydrogens (tertiary/aromatic N) is 2.